The third kappa shape index (κ3) is 4.31. The first-order valence-corrected chi connectivity index (χ1v) is 10.3. The third-order valence-electron chi connectivity index (χ3n) is 4.39. The van der Waals surface area contributed by atoms with Gasteiger partial charge in [0.2, 0.25) is 0 Å². The van der Waals surface area contributed by atoms with Crippen LogP contribution in [0.1, 0.15) is 25.7 Å². The van der Waals surface area contributed by atoms with Crippen LogP contribution in [0, 0.1) is 3.57 Å². The van der Waals surface area contributed by atoms with Gasteiger partial charge in [0.05, 0.1) is 21.6 Å². The molecule has 1 aliphatic heterocycles. The number of hydrogen-bond donors (Lipinski definition) is 1. The second kappa shape index (κ2) is 8.26. The molecule has 1 aromatic heterocycles. The maximum Gasteiger partial charge on any atom is 0.407 e. The Kier molecular flexibility index (Phi) is 6.27. The maximum absolute atomic E-state index is 11.4. The molecule has 1 atom stereocenters. The Bertz CT molecular complexity index is 805. The largest absolute Gasteiger partial charge is 0.492 e. The molecule has 0 saturated carbocycles. The lowest BCUT2D eigenvalue weighted by molar-refractivity contribution is 0.0968. The number of rotatable bonds is 4. The van der Waals surface area contributed by atoms with Crippen molar-refractivity contribution in [1.82, 2.24) is 9.88 Å². The van der Waals surface area contributed by atoms with Crippen molar-refractivity contribution >= 4 is 67.1 Å². The number of carboxylic acid groups (broad SMARTS) is 1. The number of piperidine rings is 1. The van der Waals surface area contributed by atoms with Gasteiger partial charge >= 0.3 is 6.09 Å². The van der Waals surface area contributed by atoms with Gasteiger partial charge in [-0.2, -0.15) is 0 Å². The first-order valence-electron chi connectivity index (χ1n) is 8.03. The topological polar surface area (TPSA) is 62.7 Å². The molecular weight excluding hydrogens is 522 g/mol. The van der Waals surface area contributed by atoms with Crippen LogP contribution in [0.25, 0.3) is 10.9 Å². The van der Waals surface area contributed by atoms with Crippen LogP contribution in [0.5, 0.6) is 5.75 Å². The number of nitrogens with zero attached hydrogens (tertiary/aromatic N) is 2. The zero-order chi connectivity index (χ0) is 18.0. The minimum Gasteiger partial charge on any atom is -0.492 e. The molecule has 1 aliphatic rings. The normalized spacial score (nSPS) is 17.7. The predicted molar refractivity (Wildman–Crippen MR) is 110 cm³/mol. The highest BCUT2D eigenvalue weighted by Gasteiger charge is 2.26. The molecule has 134 valence electrons. The van der Waals surface area contributed by atoms with E-state index in [4.69, 9.17) is 16.3 Å². The van der Waals surface area contributed by atoms with Crippen molar-refractivity contribution in [2.24, 2.45) is 0 Å². The Hall–Kier alpha value is -0.800. The van der Waals surface area contributed by atoms with Crippen molar-refractivity contribution in [1.29, 1.82) is 0 Å². The number of halogens is 3. The maximum atomic E-state index is 11.4. The van der Waals surface area contributed by atoms with Gasteiger partial charge in [-0.25, -0.2) is 4.79 Å². The Balaban J connectivity index is 1.75. The molecule has 2 heterocycles. The van der Waals surface area contributed by atoms with Gasteiger partial charge in [0.25, 0.3) is 0 Å². The molecule has 0 bridgehead atoms. The minimum atomic E-state index is -0.843. The number of amides is 1. The van der Waals surface area contributed by atoms with Crippen LogP contribution < -0.4 is 4.74 Å². The molecule has 0 aliphatic carbocycles. The van der Waals surface area contributed by atoms with Crippen molar-refractivity contribution in [2.75, 3.05) is 13.2 Å². The fraction of sp³-hybridized carbons (Fsp3) is 0.412. The molecule has 1 saturated heterocycles. The van der Waals surface area contributed by atoms with E-state index < -0.39 is 6.09 Å². The SMILES string of the molecule is O=C(O)N1CCCC[C@@H]1CCOc1c(Br)cnc2cc(Cl)c(I)cc12. The Morgan fingerprint density at radius 1 is 1.48 bits per heavy atom. The zero-order valence-corrected chi connectivity index (χ0v) is 17.8. The summed E-state index contributed by atoms with van der Waals surface area (Å²) >= 11 is 11.8. The van der Waals surface area contributed by atoms with Gasteiger partial charge in [-0.15, -0.1) is 0 Å². The van der Waals surface area contributed by atoms with E-state index in [-0.39, 0.29) is 6.04 Å². The summed E-state index contributed by atoms with van der Waals surface area (Å²) in [5.41, 5.74) is 0.772. The van der Waals surface area contributed by atoms with Gasteiger partial charge in [-0.3, -0.25) is 4.98 Å². The van der Waals surface area contributed by atoms with Gasteiger partial charge < -0.3 is 14.7 Å². The van der Waals surface area contributed by atoms with Crippen LogP contribution in [0.2, 0.25) is 5.02 Å². The number of ether oxygens (including phenoxy) is 1. The summed E-state index contributed by atoms with van der Waals surface area (Å²) in [5.74, 6) is 0.720. The smallest absolute Gasteiger partial charge is 0.407 e. The van der Waals surface area contributed by atoms with E-state index >= 15 is 0 Å². The predicted octanol–water partition coefficient (Wildman–Crippen LogP) is 5.56. The van der Waals surface area contributed by atoms with E-state index in [1.54, 1.807) is 6.20 Å². The van der Waals surface area contributed by atoms with E-state index in [0.717, 1.165) is 44.0 Å². The minimum absolute atomic E-state index is 0.0210. The van der Waals surface area contributed by atoms with Gasteiger partial charge in [0.1, 0.15) is 5.75 Å². The Labute approximate surface area is 173 Å². The number of likely N-dealkylation sites (tertiary alicyclic amines) is 1. The highest BCUT2D eigenvalue weighted by Crippen LogP contribution is 2.35. The Morgan fingerprint density at radius 3 is 3.04 bits per heavy atom. The lowest BCUT2D eigenvalue weighted by atomic mass is 10.0. The molecule has 3 rings (SSSR count). The van der Waals surface area contributed by atoms with Gasteiger partial charge in [0.15, 0.2) is 0 Å². The Morgan fingerprint density at radius 2 is 2.28 bits per heavy atom. The summed E-state index contributed by atoms with van der Waals surface area (Å²) in [7, 11) is 0. The third-order valence-corrected chi connectivity index (χ3v) is 6.48. The van der Waals surface area contributed by atoms with Gasteiger partial charge in [-0.1, -0.05) is 11.6 Å². The van der Waals surface area contributed by atoms with E-state index in [1.165, 1.54) is 4.90 Å². The summed E-state index contributed by atoms with van der Waals surface area (Å²) in [6.45, 7) is 1.06. The zero-order valence-electron chi connectivity index (χ0n) is 13.3. The number of pyridine rings is 1. The lowest BCUT2D eigenvalue weighted by Gasteiger charge is -2.33. The fourth-order valence-corrected chi connectivity index (χ4v) is 4.19. The van der Waals surface area contributed by atoms with Crippen LogP contribution >= 0.6 is 50.1 Å². The van der Waals surface area contributed by atoms with Crippen LogP contribution in [0.4, 0.5) is 4.79 Å². The monoisotopic (exact) mass is 538 g/mol. The summed E-state index contributed by atoms with van der Waals surface area (Å²) in [5, 5.41) is 10.9. The standard InChI is InChI=1S/C17H17BrClIN2O3/c18-12-9-21-15-8-13(19)14(20)7-11(15)16(12)25-6-4-10-3-1-2-5-22(10)17(23)24/h7-10H,1-6H2,(H,23,24)/t10-/m1/s1. The van der Waals surface area contributed by atoms with Crippen LogP contribution in [-0.2, 0) is 0 Å². The molecule has 1 aromatic carbocycles. The van der Waals surface area contributed by atoms with Crippen LogP contribution in [-0.4, -0.2) is 40.3 Å². The average molecular weight is 540 g/mol. The second-order valence-corrected chi connectivity index (χ2v) is 8.41. The van der Waals surface area contributed by atoms with Crippen molar-refractivity contribution in [3.63, 3.8) is 0 Å². The number of benzene rings is 1. The molecule has 1 amide bonds. The molecule has 2 aromatic rings. The summed E-state index contributed by atoms with van der Waals surface area (Å²) in [6, 6.07) is 3.80. The van der Waals surface area contributed by atoms with Gasteiger partial charge in [-0.05, 0) is 69.9 Å². The molecule has 1 fully saturated rings. The van der Waals surface area contributed by atoms with E-state index in [0.29, 0.717) is 24.6 Å². The van der Waals surface area contributed by atoms with Crippen molar-refractivity contribution in [2.45, 2.75) is 31.7 Å². The summed E-state index contributed by atoms with van der Waals surface area (Å²) in [4.78, 5) is 17.3. The van der Waals surface area contributed by atoms with Gasteiger partial charge in [0, 0.05) is 34.2 Å². The number of aromatic nitrogens is 1. The molecular formula is C17H17BrClIN2O3. The number of hydrogen-bond acceptors (Lipinski definition) is 3. The summed E-state index contributed by atoms with van der Waals surface area (Å²) in [6.07, 6.45) is 4.42. The molecule has 5 nitrogen and oxygen atoms in total. The van der Waals surface area contributed by atoms with Crippen LogP contribution in [0.3, 0.4) is 0 Å². The molecule has 0 unspecified atom stereocenters. The van der Waals surface area contributed by atoms with Crippen molar-refractivity contribution < 1.29 is 14.6 Å². The highest BCUT2D eigenvalue weighted by molar-refractivity contribution is 14.1. The quantitative estimate of drug-likeness (QED) is 0.517. The first-order chi connectivity index (χ1) is 12.0. The van der Waals surface area contributed by atoms with Crippen molar-refractivity contribution in [3.05, 3.63) is 31.4 Å². The number of fused-ring (bicyclic) bond motifs is 1. The molecule has 8 heteroatoms. The molecule has 0 radical (unpaired) electrons. The fourth-order valence-electron chi connectivity index (χ4n) is 3.13. The first kappa shape index (κ1) is 19.0. The second-order valence-electron chi connectivity index (χ2n) is 5.98. The molecule has 1 N–H and O–H groups in total. The number of carbonyl (C=O) groups is 1. The molecule has 25 heavy (non-hydrogen) atoms. The van der Waals surface area contributed by atoms with E-state index in [2.05, 4.69) is 43.5 Å². The molecule has 0 spiro atoms. The van der Waals surface area contributed by atoms with Crippen molar-refractivity contribution in [3.8, 4) is 5.75 Å². The highest BCUT2D eigenvalue weighted by atomic mass is 127. The summed E-state index contributed by atoms with van der Waals surface area (Å²) < 4.78 is 7.73. The average Bonchev–Trinajstić information content (AvgIpc) is 2.59. The van der Waals surface area contributed by atoms with Crippen LogP contribution in [0.15, 0.2) is 22.8 Å². The van der Waals surface area contributed by atoms with E-state index in [9.17, 15) is 9.90 Å². The lowest BCUT2D eigenvalue weighted by Crippen LogP contribution is -2.43. The van der Waals surface area contributed by atoms with E-state index in [1.807, 2.05) is 12.1 Å².